The molecular weight excluding hydrogens is 242 g/mol. The van der Waals surface area contributed by atoms with Gasteiger partial charge < -0.3 is 10.4 Å². The van der Waals surface area contributed by atoms with Crippen molar-refractivity contribution in [1.29, 1.82) is 0 Å². The molecule has 0 atom stereocenters. The van der Waals surface area contributed by atoms with E-state index in [2.05, 4.69) is 17.4 Å². The van der Waals surface area contributed by atoms with Crippen LogP contribution in [0.15, 0.2) is 12.1 Å². The minimum Gasteiger partial charge on any atom is -0.474 e. The minimum absolute atomic E-state index is 0.295. The Labute approximate surface area is 113 Å². The van der Waals surface area contributed by atoms with Gasteiger partial charge in [-0.15, -0.1) is 0 Å². The molecule has 19 heavy (non-hydrogen) atoms. The maximum absolute atomic E-state index is 11.1. The van der Waals surface area contributed by atoms with E-state index >= 15 is 0 Å². The molecule has 0 saturated carbocycles. The van der Waals surface area contributed by atoms with E-state index in [0.29, 0.717) is 6.54 Å². The van der Waals surface area contributed by atoms with Crippen LogP contribution in [0.5, 0.6) is 0 Å². The van der Waals surface area contributed by atoms with Crippen LogP contribution < -0.4 is 5.32 Å². The molecule has 2 N–H and O–H groups in total. The minimum atomic E-state index is -1.45. The molecule has 1 aromatic rings. The number of carboxylic acid groups (broad SMARTS) is 1. The van der Waals surface area contributed by atoms with Crippen LogP contribution in [0.4, 0.5) is 0 Å². The summed E-state index contributed by atoms with van der Waals surface area (Å²) in [6.07, 6.45) is 0. The van der Waals surface area contributed by atoms with Gasteiger partial charge in [0.25, 0.3) is 0 Å². The van der Waals surface area contributed by atoms with Crippen LogP contribution in [0, 0.1) is 20.8 Å². The Morgan fingerprint density at radius 3 is 2.05 bits per heavy atom. The van der Waals surface area contributed by atoms with E-state index in [9.17, 15) is 9.59 Å². The van der Waals surface area contributed by atoms with E-state index in [1.807, 2.05) is 34.6 Å². The molecule has 0 radical (unpaired) electrons. The summed E-state index contributed by atoms with van der Waals surface area (Å²) < 4.78 is 0. The lowest BCUT2D eigenvalue weighted by Crippen LogP contribution is -2.40. The first kappa shape index (κ1) is 15.2. The van der Waals surface area contributed by atoms with Crippen molar-refractivity contribution in [3.05, 3.63) is 34.4 Å². The molecule has 1 amide bonds. The SMILES string of the molecule is Cc1cc(C)c(C(C)(C)CNC(=O)C(=O)O)c(C)c1. The molecule has 0 aliphatic carbocycles. The maximum atomic E-state index is 11.1. The van der Waals surface area contributed by atoms with E-state index in [1.165, 1.54) is 5.56 Å². The lowest BCUT2D eigenvalue weighted by molar-refractivity contribution is -0.150. The lowest BCUT2D eigenvalue weighted by Gasteiger charge is -2.29. The lowest BCUT2D eigenvalue weighted by atomic mass is 9.79. The first-order valence-electron chi connectivity index (χ1n) is 6.24. The standard InChI is InChI=1S/C15H21NO3/c1-9-6-10(2)12(11(3)7-9)15(4,5)8-16-13(17)14(18)19/h6-7H,8H2,1-5H3,(H,16,17)(H,18,19). The zero-order chi connectivity index (χ0) is 14.8. The highest BCUT2D eigenvalue weighted by Crippen LogP contribution is 2.29. The summed E-state index contributed by atoms with van der Waals surface area (Å²) >= 11 is 0. The smallest absolute Gasteiger partial charge is 0.394 e. The Balaban J connectivity index is 3.00. The van der Waals surface area contributed by atoms with Gasteiger partial charge in [-0.2, -0.15) is 0 Å². The average Bonchev–Trinajstić information content (AvgIpc) is 2.23. The van der Waals surface area contributed by atoms with Crippen molar-refractivity contribution in [2.75, 3.05) is 6.54 Å². The number of carbonyl (C=O) groups is 2. The van der Waals surface area contributed by atoms with Gasteiger partial charge in [0, 0.05) is 12.0 Å². The summed E-state index contributed by atoms with van der Waals surface area (Å²) in [5.74, 6) is -2.41. The van der Waals surface area contributed by atoms with E-state index in [0.717, 1.165) is 16.7 Å². The van der Waals surface area contributed by atoms with Gasteiger partial charge in [-0.05, 0) is 37.5 Å². The average molecular weight is 263 g/mol. The van der Waals surface area contributed by atoms with Crippen molar-refractivity contribution >= 4 is 11.9 Å². The van der Waals surface area contributed by atoms with Crippen LogP contribution in [-0.4, -0.2) is 23.5 Å². The second kappa shape index (κ2) is 5.43. The van der Waals surface area contributed by atoms with Gasteiger partial charge in [0.2, 0.25) is 0 Å². The van der Waals surface area contributed by atoms with Crippen LogP contribution in [0.25, 0.3) is 0 Å². The Morgan fingerprint density at radius 1 is 1.16 bits per heavy atom. The summed E-state index contributed by atoms with van der Waals surface area (Å²) in [7, 11) is 0. The first-order valence-corrected chi connectivity index (χ1v) is 6.24. The van der Waals surface area contributed by atoms with E-state index in [1.54, 1.807) is 0 Å². The van der Waals surface area contributed by atoms with Gasteiger partial charge >= 0.3 is 11.9 Å². The Bertz CT molecular complexity index is 495. The molecule has 104 valence electrons. The molecule has 1 aromatic carbocycles. The summed E-state index contributed by atoms with van der Waals surface area (Å²) in [5, 5.41) is 11.0. The second-order valence-corrected chi connectivity index (χ2v) is 5.65. The normalized spacial score (nSPS) is 11.2. The van der Waals surface area contributed by atoms with Gasteiger partial charge in [0.05, 0.1) is 0 Å². The van der Waals surface area contributed by atoms with Crippen molar-refractivity contribution < 1.29 is 14.7 Å². The summed E-state index contributed by atoms with van der Waals surface area (Å²) in [5.41, 5.74) is 4.36. The third kappa shape index (κ3) is 3.56. The van der Waals surface area contributed by atoms with Crippen molar-refractivity contribution in [3.8, 4) is 0 Å². The highest BCUT2D eigenvalue weighted by Gasteiger charge is 2.26. The highest BCUT2D eigenvalue weighted by atomic mass is 16.4. The third-order valence-corrected chi connectivity index (χ3v) is 3.24. The van der Waals surface area contributed by atoms with Crippen LogP contribution in [0.1, 0.15) is 36.1 Å². The summed E-state index contributed by atoms with van der Waals surface area (Å²) in [4.78, 5) is 21.7. The molecule has 0 aliphatic heterocycles. The number of amides is 1. The number of rotatable bonds is 3. The molecule has 0 aliphatic rings. The number of hydrogen-bond acceptors (Lipinski definition) is 2. The zero-order valence-electron chi connectivity index (χ0n) is 12.1. The maximum Gasteiger partial charge on any atom is 0.394 e. The Morgan fingerprint density at radius 2 is 1.63 bits per heavy atom. The van der Waals surface area contributed by atoms with Crippen LogP contribution in [0.2, 0.25) is 0 Å². The molecule has 0 fully saturated rings. The number of benzene rings is 1. The Hall–Kier alpha value is -1.84. The number of carbonyl (C=O) groups excluding carboxylic acids is 1. The molecular formula is C15H21NO3. The van der Waals surface area contributed by atoms with Gasteiger partial charge in [-0.1, -0.05) is 31.5 Å². The van der Waals surface area contributed by atoms with Gasteiger partial charge in [0.1, 0.15) is 0 Å². The zero-order valence-corrected chi connectivity index (χ0v) is 12.1. The van der Waals surface area contributed by atoms with Crippen molar-refractivity contribution in [2.45, 2.75) is 40.0 Å². The summed E-state index contributed by atoms with van der Waals surface area (Å²) in [6, 6.07) is 4.20. The fraction of sp³-hybridized carbons (Fsp3) is 0.467. The highest BCUT2D eigenvalue weighted by molar-refractivity contribution is 6.31. The van der Waals surface area contributed by atoms with Gasteiger partial charge in [-0.3, -0.25) is 4.79 Å². The van der Waals surface area contributed by atoms with Crippen LogP contribution >= 0.6 is 0 Å². The molecule has 0 bridgehead atoms. The predicted octanol–water partition coefficient (Wildman–Crippen LogP) is 2.09. The molecule has 0 heterocycles. The van der Waals surface area contributed by atoms with Crippen molar-refractivity contribution in [2.24, 2.45) is 0 Å². The number of hydrogen-bond donors (Lipinski definition) is 2. The van der Waals surface area contributed by atoms with E-state index in [-0.39, 0.29) is 5.41 Å². The quantitative estimate of drug-likeness (QED) is 0.821. The molecule has 0 saturated heterocycles. The molecule has 0 spiro atoms. The van der Waals surface area contributed by atoms with Crippen LogP contribution in [0.3, 0.4) is 0 Å². The molecule has 0 unspecified atom stereocenters. The van der Waals surface area contributed by atoms with Crippen LogP contribution in [-0.2, 0) is 15.0 Å². The predicted molar refractivity (Wildman–Crippen MR) is 74.3 cm³/mol. The molecule has 0 aromatic heterocycles. The topological polar surface area (TPSA) is 66.4 Å². The van der Waals surface area contributed by atoms with Gasteiger partial charge in [0.15, 0.2) is 0 Å². The van der Waals surface area contributed by atoms with E-state index in [4.69, 9.17) is 5.11 Å². The fourth-order valence-corrected chi connectivity index (χ4v) is 2.71. The van der Waals surface area contributed by atoms with Gasteiger partial charge in [-0.25, -0.2) is 4.79 Å². The largest absolute Gasteiger partial charge is 0.474 e. The molecule has 4 heteroatoms. The molecule has 4 nitrogen and oxygen atoms in total. The number of carboxylic acids is 1. The number of aliphatic carboxylic acids is 1. The fourth-order valence-electron chi connectivity index (χ4n) is 2.71. The van der Waals surface area contributed by atoms with E-state index < -0.39 is 11.9 Å². The number of nitrogens with one attached hydrogen (secondary N) is 1. The Kier molecular flexibility index (Phi) is 4.35. The molecule has 1 rings (SSSR count). The monoisotopic (exact) mass is 263 g/mol. The van der Waals surface area contributed by atoms with Crippen molar-refractivity contribution in [3.63, 3.8) is 0 Å². The number of aryl methyl sites for hydroxylation is 3. The van der Waals surface area contributed by atoms with Crippen molar-refractivity contribution in [1.82, 2.24) is 5.32 Å². The summed E-state index contributed by atoms with van der Waals surface area (Å²) in [6.45, 7) is 10.4. The first-order chi connectivity index (χ1) is 8.65. The second-order valence-electron chi connectivity index (χ2n) is 5.65. The third-order valence-electron chi connectivity index (χ3n) is 3.24.